The van der Waals surface area contributed by atoms with Gasteiger partial charge in [0.15, 0.2) is 6.86 Å². The van der Waals surface area contributed by atoms with E-state index in [2.05, 4.69) is 4.74 Å². The van der Waals surface area contributed by atoms with Crippen molar-refractivity contribution < 1.29 is 13.9 Å². The van der Waals surface area contributed by atoms with Crippen LogP contribution in [0, 0.1) is 0 Å². The Morgan fingerprint density at radius 2 is 2.50 bits per heavy atom. The first-order chi connectivity index (χ1) is 3.93. The zero-order chi connectivity index (χ0) is 5.82. The Labute approximate surface area is 47.6 Å². The van der Waals surface area contributed by atoms with E-state index in [-0.39, 0.29) is 6.10 Å². The fourth-order valence-electron chi connectivity index (χ4n) is 0.592. The topological polar surface area (TPSA) is 18.5 Å². The molecular formula is C5H9FO2. The maximum atomic E-state index is 11.2. The van der Waals surface area contributed by atoms with Crippen LogP contribution in [0.25, 0.3) is 0 Å². The highest BCUT2D eigenvalue weighted by Gasteiger charge is 2.17. The van der Waals surface area contributed by atoms with Crippen LogP contribution in [0.15, 0.2) is 0 Å². The van der Waals surface area contributed by atoms with Crippen LogP contribution in [0.2, 0.25) is 0 Å². The number of halogens is 1. The Kier molecular flexibility index (Phi) is 2.24. The van der Waals surface area contributed by atoms with Gasteiger partial charge in [-0.05, 0) is 6.42 Å². The number of alkyl halides is 1. The van der Waals surface area contributed by atoms with Gasteiger partial charge in [0.25, 0.3) is 0 Å². The third kappa shape index (κ3) is 1.42. The lowest BCUT2D eigenvalue weighted by Gasteiger charge is -2.25. The molecule has 0 N–H and O–H groups in total. The van der Waals surface area contributed by atoms with E-state index >= 15 is 0 Å². The molecule has 0 aliphatic carbocycles. The monoisotopic (exact) mass is 120 g/mol. The molecule has 1 aliphatic heterocycles. The average molecular weight is 120 g/mol. The standard InChI is InChI=1S/C5H9FO2/c6-4-7-3-5-1-2-8-5/h5H,1-4H2. The summed E-state index contributed by atoms with van der Waals surface area (Å²) >= 11 is 0. The smallest absolute Gasteiger partial charge is 0.188 e. The molecule has 0 aromatic carbocycles. The van der Waals surface area contributed by atoms with Crippen LogP contribution in [0.1, 0.15) is 6.42 Å². The second kappa shape index (κ2) is 2.99. The summed E-state index contributed by atoms with van der Waals surface area (Å²) in [5.41, 5.74) is 0. The zero-order valence-corrected chi connectivity index (χ0v) is 4.60. The molecule has 1 unspecified atom stereocenters. The maximum absolute atomic E-state index is 11.2. The van der Waals surface area contributed by atoms with Crippen molar-refractivity contribution >= 4 is 0 Å². The minimum Gasteiger partial charge on any atom is -0.376 e. The normalized spacial score (nSPS) is 27.4. The Morgan fingerprint density at radius 3 is 2.88 bits per heavy atom. The number of ether oxygens (including phenoxy) is 2. The highest BCUT2D eigenvalue weighted by molar-refractivity contribution is 4.64. The van der Waals surface area contributed by atoms with Crippen LogP contribution in [0.3, 0.4) is 0 Å². The van der Waals surface area contributed by atoms with Gasteiger partial charge in [-0.1, -0.05) is 0 Å². The number of hydrogen-bond donors (Lipinski definition) is 0. The molecule has 1 rings (SSSR count). The minimum atomic E-state index is -0.695. The van der Waals surface area contributed by atoms with Crippen molar-refractivity contribution in [2.75, 3.05) is 20.1 Å². The molecule has 8 heavy (non-hydrogen) atoms. The van der Waals surface area contributed by atoms with Gasteiger partial charge in [0.1, 0.15) is 0 Å². The van der Waals surface area contributed by atoms with Crippen molar-refractivity contribution in [3.8, 4) is 0 Å². The molecule has 0 amide bonds. The van der Waals surface area contributed by atoms with E-state index < -0.39 is 6.86 Å². The molecule has 1 atom stereocenters. The second-order valence-electron chi connectivity index (χ2n) is 1.76. The van der Waals surface area contributed by atoms with Crippen molar-refractivity contribution in [2.24, 2.45) is 0 Å². The minimum absolute atomic E-state index is 0.172. The number of rotatable bonds is 3. The van der Waals surface area contributed by atoms with E-state index in [9.17, 15) is 4.39 Å². The third-order valence-corrected chi connectivity index (χ3v) is 1.17. The summed E-state index contributed by atoms with van der Waals surface area (Å²) in [6.45, 7) is 0.524. The Morgan fingerprint density at radius 1 is 1.75 bits per heavy atom. The van der Waals surface area contributed by atoms with Crippen LogP contribution in [-0.2, 0) is 9.47 Å². The lowest BCUT2D eigenvalue weighted by atomic mass is 10.2. The molecule has 1 aliphatic rings. The summed E-state index contributed by atoms with van der Waals surface area (Å²) in [6, 6.07) is 0. The Bertz CT molecular complexity index is 63.4. The van der Waals surface area contributed by atoms with Crippen molar-refractivity contribution in [2.45, 2.75) is 12.5 Å². The molecule has 0 aromatic rings. The summed E-state index contributed by atoms with van der Waals surface area (Å²) in [7, 11) is 0. The average Bonchev–Trinajstić information content (AvgIpc) is 1.63. The Hall–Kier alpha value is -0.150. The van der Waals surface area contributed by atoms with E-state index in [1.165, 1.54) is 0 Å². The summed E-state index contributed by atoms with van der Waals surface area (Å²) in [6.07, 6.45) is 1.19. The fourth-order valence-corrected chi connectivity index (χ4v) is 0.592. The fraction of sp³-hybridized carbons (Fsp3) is 1.00. The van der Waals surface area contributed by atoms with Gasteiger partial charge in [-0.15, -0.1) is 0 Å². The van der Waals surface area contributed by atoms with Gasteiger partial charge in [0, 0.05) is 6.61 Å². The molecule has 0 bridgehead atoms. The van der Waals surface area contributed by atoms with E-state index in [4.69, 9.17) is 4.74 Å². The third-order valence-electron chi connectivity index (χ3n) is 1.17. The van der Waals surface area contributed by atoms with Crippen LogP contribution < -0.4 is 0 Å². The van der Waals surface area contributed by atoms with Gasteiger partial charge < -0.3 is 9.47 Å². The summed E-state index contributed by atoms with van der Waals surface area (Å²) in [5, 5.41) is 0. The summed E-state index contributed by atoms with van der Waals surface area (Å²) in [5.74, 6) is 0. The lowest BCUT2D eigenvalue weighted by molar-refractivity contribution is -0.105. The van der Waals surface area contributed by atoms with Crippen LogP contribution in [-0.4, -0.2) is 26.2 Å². The first-order valence-electron chi connectivity index (χ1n) is 2.69. The van der Waals surface area contributed by atoms with Crippen LogP contribution >= 0.6 is 0 Å². The maximum Gasteiger partial charge on any atom is 0.188 e. The lowest BCUT2D eigenvalue weighted by Crippen LogP contribution is -2.31. The van der Waals surface area contributed by atoms with Crippen molar-refractivity contribution in [1.29, 1.82) is 0 Å². The van der Waals surface area contributed by atoms with E-state index in [1.54, 1.807) is 0 Å². The molecule has 1 saturated heterocycles. The van der Waals surface area contributed by atoms with Crippen molar-refractivity contribution in [3.05, 3.63) is 0 Å². The predicted molar refractivity (Wildman–Crippen MR) is 26.3 cm³/mol. The molecule has 1 fully saturated rings. The van der Waals surface area contributed by atoms with Gasteiger partial charge in [0.05, 0.1) is 12.7 Å². The predicted octanol–water partition coefficient (Wildman–Crippen LogP) is 0.719. The van der Waals surface area contributed by atoms with Crippen molar-refractivity contribution in [3.63, 3.8) is 0 Å². The highest BCUT2D eigenvalue weighted by atomic mass is 19.1. The molecule has 48 valence electrons. The highest BCUT2D eigenvalue weighted by Crippen LogP contribution is 2.10. The van der Waals surface area contributed by atoms with Gasteiger partial charge in [-0.2, -0.15) is 0 Å². The quantitative estimate of drug-likeness (QED) is 0.546. The van der Waals surface area contributed by atoms with E-state index in [0.717, 1.165) is 13.0 Å². The van der Waals surface area contributed by atoms with Gasteiger partial charge in [-0.3, -0.25) is 0 Å². The molecule has 0 saturated carbocycles. The first-order valence-corrected chi connectivity index (χ1v) is 2.69. The molecule has 0 aromatic heterocycles. The molecule has 1 heterocycles. The molecule has 3 heteroatoms. The Balaban J connectivity index is 1.86. The molecule has 2 nitrogen and oxygen atoms in total. The first kappa shape index (κ1) is 5.98. The van der Waals surface area contributed by atoms with Gasteiger partial charge in [0.2, 0.25) is 0 Å². The van der Waals surface area contributed by atoms with Crippen molar-refractivity contribution in [1.82, 2.24) is 0 Å². The second-order valence-corrected chi connectivity index (χ2v) is 1.76. The van der Waals surface area contributed by atoms with E-state index in [0.29, 0.717) is 6.61 Å². The molecule has 0 spiro atoms. The summed E-state index contributed by atoms with van der Waals surface area (Å²) < 4.78 is 20.6. The zero-order valence-electron chi connectivity index (χ0n) is 4.60. The van der Waals surface area contributed by atoms with Gasteiger partial charge in [-0.25, -0.2) is 4.39 Å². The van der Waals surface area contributed by atoms with Crippen LogP contribution in [0.4, 0.5) is 4.39 Å². The molecular weight excluding hydrogens is 111 g/mol. The number of hydrogen-bond acceptors (Lipinski definition) is 2. The SMILES string of the molecule is FCOCC1CCO1. The summed E-state index contributed by atoms with van der Waals surface area (Å²) in [4.78, 5) is 0. The van der Waals surface area contributed by atoms with E-state index in [1.807, 2.05) is 0 Å². The van der Waals surface area contributed by atoms with Crippen LogP contribution in [0.5, 0.6) is 0 Å². The van der Waals surface area contributed by atoms with Gasteiger partial charge >= 0.3 is 0 Å². The largest absolute Gasteiger partial charge is 0.376 e. The molecule has 0 radical (unpaired) electrons.